The van der Waals surface area contributed by atoms with Gasteiger partial charge in [0.25, 0.3) is 0 Å². The summed E-state index contributed by atoms with van der Waals surface area (Å²) in [6.45, 7) is 8.60. The molecule has 0 saturated heterocycles. The van der Waals surface area contributed by atoms with Gasteiger partial charge in [-0.1, -0.05) is 80.3 Å². The Morgan fingerprint density at radius 2 is 1.52 bits per heavy atom. The Morgan fingerprint density at radius 3 is 2.00 bits per heavy atom. The zero-order valence-electron chi connectivity index (χ0n) is 15.5. The van der Waals surface area contributed by atoms with E-state index in [0.29, 0.717) is 0 Å². The maximum Gasteiger partial charge on any atom is 0.312 e. The average molecular weight is 357 g/mol. The summed E-state index contributed by atoms with van der Waals surface area (Å²) in [6.07, 6.45) is -0.764. The first kappa shape index (κ1) is 19.4. The van der Waals surface area contributed by atoms with E-state index in [1.807, 2.05) is 60.7 Å². The van der Waals surface area contributed by atoms with Gasteiger partial charge in [-0.3, -0.25) is 4.79 Å². The normalized spacial score (nSPS) is 15.2. The van der Waals surface area contributed by atoms with Gasteiger partial charge in [0.15, 0.2) is 0 Å². The van der Waals surface area contributed by atoms with Gasteiger partial charge in [0, 0.05) is 0 Å². The van der Waals surface area contributed by atoms with Crippen LogP contribution in [0, 0.1) is 5.92 Å². The minimum atomic E-state index is -1.79. The van der Waals surface area contributed by atoms with Gasteiger partial charge in [-0.15, -0.1) is 0 Å². The van der Waals surface area contributed by atoms with Crippen LogP contribution in [-0.4, -0.2) is 25.3 Å². The lowest BCUT2D eigenvalue weighted by molar-refractivity contribution is -0.153. The zero-order valence-corrected chi connectivity index (χ0v) is 16.5. The standard InChI is InChI=1S/C21H28O3Si/c1-16(22)19(21(23)24-15-17-11-7-5-8-12-17)20(25(2,3)4)18-13-9-6-10-14-18/h5-14,16,19-20,22H,15H2,1-4H3/t16-,19-,20-/m0/s1. The predicted molar refractivity (Wildman–Crippen MR) is 104 cm³/mol. The quantitative estimate of drug-likeness (QED) is 0.591. The molecule has 2 rings (SSSR count). The smallest absolute Gasteiger partial charge is 0.312 e. The summed E-state index contributed by atoms with van der Waals surface area (Å²) in [5.74, 6) is -0.882. The molecule has 1 N–H and O–H groups in total. The van der Waals surface area contributed by atoms with E-state index in [9.17, 15) is 9.90 Å². The van der Waals surface area contributed by atoms with Crippen molar-refractivity contribution in [2.24, 2.45) is 5.92 Å². The highest BCUT2D eigenvalue weighted by Crippen LogP contribution is 2.36. The molecule has 0 aliphatic heterocycles. The molecule has 0 saturated carbocycles. The predicted octanol–water partition coefficient (Wildman–Crippen LogP) is 4.39. The number of aliphatic hydroxyl groups excluding tert-OH is 1. The van der Waals surface area contributed by atoms with Crippen molar-refractivity contribution in [3.05, 3.63) is 71.8 Å². The van der Waals surface area contributed by atoms with Crippen LogP contribution in [0.25, 0.3) is 0 Å². The second-order valence-electron chi connectivity index (χ2n) is 7.61. The topological polar surface area (TPSA) is 46.5 Å². The molecular weight excluding hydrogens is 328 g/mol. The summed E-state index contributed by atoms with van der Waals surface area (Å²) in [4.78, 5) is 12.9. The maximum atomic E-state index is 12.9. The lowest BCUT2D eigenvalue weighted by atomic mass is 9.94. The molecule has 0 aliphatic carbocycles. The van der Waals surface area contributed by atoms with Gasteiger partial charge in [-0.05, 0) is 23.6 Å². The highest BCUT2D eigenvalue weighted by molar-refractivity contribution is 6.77. The third-order valence-electron chi connectivity index (χ3n) is 4.47. The largest absolute Gasteiger partial charge is 0.461 e. The number of hydrogen-bond acceptors (Lipinski definition) is 3. The molecule has 3 atom stereocenters. The fourth-order valence-electron chi connectivity index (χ4n) is 3.34. The molecule has 2 aromatic rings. The number of aliphatic hydroxyl groups is 1. The molecule has 2 aromatic carbocycles. The molecule has 0 aromatic heterocycles. The molecule has 0 bridgehead atoms. The van der Waals surface area contributed by atoms with Crippen LogP contribution < -0.4 is 0 Å². The van der Waals surface area contributed by atoms with Crippen LogP contribution in [0.3, 0.4) is 0 Å². The van der Waals surface area contributed by atoms with Crippen molar-refractivity contribution < 1.29 is 14.6 Å². The summed E-state index contributed by atoms with van der Waals surface area (Å²) in [6, 6.07) is 19.7. The van der Waals surface area contributed by atoms with Crippen molar-refractivity contribution in [2.75, 3.05) is 0 Å². The summed E-state index contributed by atoms with van der Waals surface area (Å²) in [5, 5.41) is 10.4. The number of esters is 1. The highest BCUT2D eigenvalue weighted by Gasteiger charge is 2.42. The van der Waals surface area contributed by atoms with E-state index in [1.54, 1.807) is 6.92 Å². The van der Waals surface area contributed by atoms with Gasteiger partial charge in [0.1, 0.15) is 6.61 Å². The molecule has 4 heteroatoms. The molecule has 0 spiro atoms. The van der Waals surface area contributed by atoms with Gasteiger partial charge in [-0.25, -0.2) is 0 Å². The minimum Gasteiger partial charge on any atom is -0.461 e. The molecule has 134 valence electrons. The second-order valence-corrected chi connectivity index (χ2v) is 13.0. The van der Waals surface area contributed by atoms with Crippen molar-refractivity contribution in [3.63, 3.8) is 0 Å². The molecule has 0 unspecified atom stereocenters. The van der Waals surface area contributed by atoms with Gasteiger partial charge in [-0.2, -0.15) is 0 Å². The Morgan fingerprint density at radius 1 is 1.00 bits per heavy atom. The number of carbonyl (C=O) groups excluding carboxylic acids is 1. The molecule has 0 fully saturated rings. The Hall–Kier alpha value is -1.91. The van der Waals surface area contributed by atoms with Crippen LogP contribution in [0.4, 0.5) is 0 Å². The zero-order chi connectivity index (χ0) is 18.4. The van der Waals surface area contributed by atoms with Crippen LogP contribution in [0.15, 0.2) is 60.7 Å². The first-order valence-electron chi connectivity index (χ1n) is 8.74. The Bertz CT molecular complexity index is 663. The van der Waals surface area contributed by atoms with Crippen LogP contribution in [0.1, 0.15) is 23.6 Å². The number of carbonyl (C=O) groups is 1. The second kappa shape index (κ2) is 8.45. The number of hydrogen-bond donors (Lipinski definition) is 1. The van der Waals surface area contributed by atoms with Gasteiger partial charge in [0.05, 0.1) is 20.1 Å². The minimum absolute atomic E-state index is 0.00280. The maximum absolute atomic E-state index is 12.9. The van der Waals surface area contributed by atoms with Crippen molar-refractivity contribution >= 4 is 14.0 Å². The molecule has 25 heavy (non-hydrogen) atoms. The van der Waals surface area contributed by atoms with Crippen molar-refractivity contribution in [2.45, 2.75) is 44.8 Å². The lowest BCUT2D eigenvalue weighted by Gasteiger charge is -2.36. The van der Waals surface area contributed by atoms with E-state index in [4.69, 9.17) is 4.74 Å². The Labute approximate surface area is 151 Å². The van der Waals surface area contributed by atoms with E-state index < -0.39 is 20.1 Å². The molecule has 0 heterocycles. The summed E-state index contributed by atoms with van der Waals surface area (Å²) >= 11 is 0. The van der Waals surface area contributed by atoms with Crippen LogP contribution >= 0.6 is 0 Å². The molecule has 0 radical (unpaired) electrons. The number of benzene rings is 2. The van der Waals surface area contributed by atoms with Gasteiger partial charge in [0.2, 0.25) is 0 Å². The lowest BCUT2D eigenvalue weighted by Crippen LogP contribution is -2.44. The first-order valence-corrected chi connectivity index (χ1v) is 12.3. The van der Waals surface area contributed by atoms with E-state index >= 15 is 0 Å². The first-order chi connectivity index (χ1) is 11.8. The van der Waals surface area contributed by atoms with E-state index in [0.717, 1.165) is 11.1 Å². The number of ether oxygens (including phenoxy) is 1. The third kappa shape index (κ3) is 5.28. The number of rotatable bonds is 7. The Balaban J connectivity index is 2.25. The molecule has 0 aliphatic rings. The fraction of sp³-hybridized carbons (Fsp3) is 0.381. The third-order valence-corrected chi connectivity index (χ3v) is 7.03. The van der Waals surface area contributed by atoms with E-state index in [2.05, 4.69) is 19.6 Å². The average Bonchev–Trinajstić information content (AvgIpc) is 2.57. The van der Waals surface area contributed by atoms with Crippen LogP contribution in [-0.2, 0) is 16.1 Å². The summed E-state index contributed by atoms with van der Waals surface area (Å²) in [7, 11) is -1.79. The monoisotopic (exact) mass is 356 g/mol. The SMILES string of the molecule is C[C@H](O)[C@H](C(=O)OCc1ccccc1)[C@H](c1ccccc1)[Si](C)(C)C. The highest BCUT2D eigenvalue weighted by atomic mass is 28.3. The van der Waals surface area contributed by atoms with Crippen molar-refractivity contribution in [3.8, 4) is 0 Å². The van der Waals surface area contributed by atoms with Crippen molar-refractivity contribution in [1.29, 1.82) is 0 Å². The van der Waals surface area contributed by atoms with Crippen molar-refractivity contribution in [1.82, 2.24) is 0 Å². The van der Waals surface area contributed by atoms with Crippen LogP contribution in [0.2, 0.25) is 19.6 Å². The fourth-order valence-corrected chi connectivity index (χ4v) is 6.03. The van der Waals surface area contributed by atoms with Gasteiger partial charge < -0.3 is 9.84 Å². The molecular formula is C21H28O3Si. The molecule has 3 nitrogen and oxygen atoms in total. The van der Waals surface area contributed by atoms with E-state index in [1.165, 1.54) is 0 Å². The van der Waals surface area contributed by atoms with E-state index in [-0.39, 0.29) is 18.1 Å². The Kier molecular flexibility index (Phi) is 6.56. The molecule has 0 amide bonds. The summed E-state index contributed by atoms with van der Waals surface area (Å²) in [5.41, 5.74) is 2.05. The summed E-state index contributed by atoms with van der Waals surface area (Å²) < 4.78 is 5.57. The van der Waals surface area contributed by atoms with Gasteiger partial charge >= 0.3 is 5.97 Å². The van der Waals surface area contributed by atoms with Crippen LogP contribution in [0.5, 0.6) is 0 Å².